The molecule has 6 heteroatoms. The number of ether oxygens (including phenoxy) is 1. The molecule has 2 rings (SSSR count). The predicted molar refractivity (Wildman–Crippen MR) is 96.6 cm³/mol. The molecule has 5 nitrogen and oxygen atoms in total. The molecule has 2 aromatic carbocycles. The van der Waals surface area contributed by atoms with Crippen molar-refractivity contribution in [2.24, 2.45) is 0 Å². The minimum atomic E-state index is -0.507. The average molecular weight is 344 g/mol. The Hall–Kier alpha value is -2.47. The number of rotatable bonds is 7. The third kappa shape index (κ3) is 5.96. The highest BCUT2D eigenvalue weighted by Gasteiger charge is 2.06. The molecule has 0 aromatic heterocycles. The standard InChI is InChI=1S/C18H20N2O3S/c1-2-23-18(22)20-15-10-8-14(9-11-15)17(21)19-12-13-24-16-6-4-3-5-7-16/h3-11H,2,12-13H2,1H3,(H,19,21)(H,20,22). The second kappa shape index (κ2) is 9.62. The van der Waals surface area contributed by atoms with Crippen LogP contribution in [-0.2, 0) is 4.74 Å². The first kappa shape index (κ1) is 17.9. The number of hydrogen-bond acceptors (Lipinski definition) is 4. The average Bonchev–Trinajstić information content (AvgIpc) is 2.60. The molecule has 0 saturated carbocycles. The van der Waals surface area contributed by atoms with Crippen molar-refractivity contribution < 1.29 is 14.3 Å². The van der Waals surface area contributed by atoms with Gasteiger partial charge in [0.25, 0.3) is 5.91 Å². The highest BCUT2D eigenvalue weighted by molar-refractivity contribution is 7.99. The maximum Gasteiger partial charge on any atom is 0.411 e. The molecule has 0 spiro atoms. The van der Waals surface area contributed by atoms with Crippen LogP contribution >= 0.6 is 11.8 Å². The summed E-state index contributed by atoms with van der Waals surface area (Å²) < 4.78 is 4.79. The van der Waals surface area contributed by atoms with E-state index in [4.69, 9.17) is 4.74 Å². The third-order valence-corrected chi connectivity index (χ3v) is 4.08. The normalized spacial score (nSPS) is 10.0. The van der Waals surface area contributed by atoms with E-state index in [1.807, 2.05) is 30.3 Å². The van der Waals surface area contributed by atoms with Gasteiger partial charge in [-0.3, -0.25) is 10.1 Å². The van der Waals surface area contributed by atoms with E-state index in [0.717, 1.165) is 5.75 Å². The van der Waals surface area contributed by atoms with E-state index in [-0.39, 0.29) is 5.91 Å². The molecule has 2 N–H and O–H groups in total. The molecule has 0 radical (unpaired) electrons. The van der Waals surface area contributed by atoms with Gasteiger partial charge in [-0.1, -0.05) is 18.2 Å². The largest absolute Gasteiger partial charge is 0.450 e. The van der Waals surface area contributed by atoms with Gasteiger partial charge in [-0.25, -0.2) is 4.79 Å². The van der Waals surface area contributed by atoms with Gasteiger partial charge in [0.1, 0.15) is 0 Å². The Morgan fingerprint density at radius 2 is 1.75 bits per heavy atom. The zero-order valence-electron chi connectivity index (χ0n) is 13.5. The summed E-state index contributed by atoms with van der Waals surface area (Å²) in [5, 5.41) is 5.46. The van der Waals surface area contributed by atoms with E-state index < -0.39 is 6.09 Å². The number of anilines is 1. The number of benzene rings is 2. The molecule has 2 amide bonds. The number of amides is 2. The fourth-order valence-corrected chi connectivity index (χ4v) is 2.73. The van der Waals surface area contributed by atoms with Crippen LogP contribution in [0.4, 0.5) is 10.5 Å². The van der Waals surface area contributed by atoms with Crippen LogP contribution in [0, 0.1) is 0 Å². The molecule has 0 fully saturated rings. The third-order valence-electron chi connectivity index (χ3n) is 3.07. The van der Waals surface area contributed by atoms with Crippen LogP contribution < -0.4 is 10.6 Å². The molecule has 0 aliphatic heterocycles. The van der Waals surface area contributed by atoms with E-state index in [9.17, 15) is 9.59 Å². The second-order valence-corrected chi connectivity index (χ2v) is 6.01. The van der Waals surface area contributed by atoms with Gasteiger partial charge in [0.05, 0.1) is 6.61 Å². The summed E-state index contributed by atoms with van der Waals surface area (Å²) in [6, 6.07) is 16.7. The summed E-state index contributed by atoms with van der Waals surface area (Å²) in [4.78, 5) is 24.5. The smallest absolute Gasteiger partial charge is 0.411 e. The van der Waals surface area contributed by atoms with Crippen molar-refractivity contribution in [2.75, 3.05) is 24.2 Å². The molecular weight excluding hydrogens is 324 g/mol. The fraction of sp³-hybridized carbons (Fsp3) is 0.222. The Balaban J connectivity index is 1.75. The van der Waals surface area contributed by atoms with Gasteiger partial charge >= 0.3 is 6.09 Å². The molecule has 0 aliphatic carbocycles. The number of hydrogen-bond donors (Lipinski definition) is 2. The van der Waals surface area contributed by atoms with Crippen molar-refractivity contribution in [3.05, 3.63) is 60.2 Å². The first-order valence-corrected chi connectivity index (χ1v) is 8.67. The number of nitrogens with one attached hydrogen (secondary N) is 2. The van der Waals surface area contributed by atoms with Crippen LogP contribution in [-0.4, -0.2) is 30.9 Å². The molecule has 0 aliphatic rings. The van der Waals surface area contributed by atoms with Gasteiger partial charge < -0.3 is 10.1 Å². The van der Waals surface area contributed by atoms with Crippen LogP contribution in [0.15, 0.2) is 59.5 Å². The van der Waals surface area contributed by atoms with E-state index >= 15 is 0 Å². The Morgan fingerprint density at radius 3 is 2.42 bits per heavy atom. The molecule has 0 atom stereocenters. The maximum absolute atomic E-state index is 12.1. The van der Waals surface area contributed by atoms with Crippen molar-refractivity contribution >= 4 is 29.4 Å². The highest BCUT2D eigenvalue weighted by atomic mass is 32.2. The van der Waals surface area contributed by atoms with E-state index in [1.165, 1.54) is 4.90 Å². The topological polar surface area (TPSA) is 67.4 Å². The summed E-state index contributed by atoms with van der Waals surface area (Å²) >= 11 is 1.70. The Morgan fingerprint density at radius 1 is 1.04 bits per heavy atom. The maximum atomic E-state index is 12.1. The van der Waals surface area contributed by atoms with Crippen molar-refractivity contribution in [3.8, 4) is 0 Å². The van der Waals surface area contributed by atoms with Crippen molar-refractivity contribution in [3.63, 3.8) is 0 Å². The minimum absolute atomic E-state index is 0.133. The van der Waals surface area contributed by atoms with E-state index in [0.29, 0.717) is 24.4 Å². The summed E-state index contributed by atoms with van der Waals surface area (Å²) in [5.74, 6) is 0.671. The Bertz CT molecular complexity index is 660. The summed E-state index contributed by atoms with van der Waals surface area (Å²) in [6.07, 6.45) is -0.507. The first-order chi connectivity index (χ1) is 11.7. The Labute approximate surface area is 145 Å². The predicted octanol–water partition coefficient (Wildman–Crippen LogP) is 3.78. The van der Waals surface area contributed by atoms with Crippen molar-refractivity contribution in [1.82, 2.24) is 5.32 Å². The van der Waals surface area contributed by atoms with Gasteiger partial charge in [0.2, 0.25) is 0 Å². The molecular formula is C18H20N2O3S. The van der Waals surface area contributed by atoms with Gasteiger partial charge in [0.15, 0.2) is 0 Å². The van der Waals surface area contributed by atoms with Crippen LogP contribution in [0.25, 0.3) is 0 Å². The SMILES string of the molecule is CCOC(=O)Nc1ccc(C(=O)NCCSc2ccccc2)cc1. The first-order valence-electron chi connectivity index (χ1n) is 7.69. The van der Waals surface area contributed by atoms with Gasteiger partial charge in [0, 0.05) is 28.4 Å². The minimum Gasteiger partial charge on any atom is -0.450 e. The monoisotopic (exact) mass is 344 g/mol. The number of thioether (sulfide) groups is 1. The second-order valence-electron chi connectivity index (χ2n) is 4.84. The van der Waals surface area contributed by atoms with Crippen LogP contribution in [0.3, 0.4) is 0 Å². The van der Waals surface area contributed by atoms with Crippen molar-refractivity contribution in [1.29, 1.82) is 0 Å². The van der Waals surface area contributed by atoms with Crippen LogP contribution in [0.5, 0.6) is 0 Å². The summed E-state index contributed by atoms with van der Waals surface area (Å²) in [7, 11) is 0. The van der Waals surface area contributed by atoms with Crippen LogP contribution in [0.2, 0.25) is 0 Å². The van der Waals surface area contributed by atoms with Gasteiger partial charge in [-0.15, -0.1) is 11.8 Å². The highest BCUT2D eigenvalue weighted by Crippen LogP contribution is 2.16. The number of carbonyl (C=O) groups is 2. The lowest BCUT2D eigenvalue weighted by Crippen LogP contribution is -2.25. The molecule has 0 saturated heterocycles. The lowest BCUT2D eigenvalue weighted by atomic mass is 10.2. The van der Waals surface area contributed by atoms with Gasteiger partial charge in [-0.2, -0.15) is 0 Å². The van der Waals surface area contributed by atoms with Crippen molar-refractivity contribution in [2.45, 2.75) is 11.8 Å². The summed E-state index contributed by atoms with van der Waals surface area (Å²) in [5.41, 5.74) is 1.14. The molecule has 0 unspecified atom stereocenters. The molecule has 2 aromatic rings. The zero-order valence-corrected chi connectivity index (χ0v) is 14.3. The number of carbonyl (C=O) groups excluding carboxylic acids is 2. The molecule has 0 heterocycles. The Kier molecular flexibility index (Phi) is 7.17. The van der Waals surface area contributed by atoms with Gasteiger partial charge in [-0.05, 0) is 43.3 Å². The van der Waals surface area contributed by atoms with Crippen LogP contribution in [0.1, 0.15) is 17.3 Å². The lowest BCUT2D eigenvalue weighted by Gasteiger charge is -2.07. The zero-order chi connectivity index (χ0) is 17.2. The van der Waals surface area contributed by atoms with E-state index in [2.05, 4.69) is 10.6 Å². The lowest BCUT2D eigenvalue weighted by molar-refractivity contribution is 0.0956. The molecule has 0 bridgehead atoms. The van der Waals surface area contributed by atoms with E-state index in [1.54, 1.807) is 43.0 Å². The molecule has 126 valence electrons. The fourth-order valence-electron chi connectivity index (χ4n) is 1.94. The molecule has 24 heavy (non-hydrogen) atoms. The summed E-state index contributed by atoms with van der Waals surface area (Å²) in [6.45, 7) is 2.64. The quantitative estimate of drug-likeness (QED) is 0.592.